The second kappa shape index (κ2) is 10.8. The number of thioether (sulfide) groups is 1. The Bertz CT molecular complexity index is 129. The molecule has 0 aromatic carbocycles. The third kappa shape index (κ3) is 10.6. The number of nitrogens with two attached hydrogens (primary N) is 1. The molecule has 0 bridgehead atoms. The molecule has 3 N–H and O–H groups in total. The minimum Gasteiger partial charge on any atom is -0.271 e. The van der Waals surface area contributed by atoms with Crippen LogP contribution in [0.2, 0.25) is 0 Å². The van der Waals surface area contributed by atoms with E-state index >= 15 is 0 Å². The Morgan fingerprint density at radius 1 is 1.13 bits per heavy atom. The van der Waals surface area contributed by atoms with Gasteiger partial charge in [-0.15, -0.1) is 0 Å². The molecule has 0 saturated heterocycles. The van der Waals surface area contributed by atoms with Crippen molar-refractivity contribution in [2.24, 2.45) is 11.8 Å². The highest BCUT2D eigenvalue weighted by Gasteiger charge is 2.06. The molecule has 0 aromatic heterocycles. The molecule has 0 aliphatic carbocycles. The summed E-state index contributed by atoms with van der Waals surface area (Å²) in [7, 11) is 0. The van der Waals surface area contributed by atoms with Gasteiger partial charge in [-0.2, -0.15) is 11.8 Å². The average molecular weight is 232 g/mol. The zero-order valence-electron chi connectivity index (χ0n) is 10.6. The zero-order chi connectivity index (χ0) is 11.5. The average Bonchev–Trinajstić information content (AvgIpc) is 2.21. The van der Waals surface area contributed by atoms with Gasteiger partial charge in [0.2, 0.25) is 0 Å². The molecule has 1 atom stereocenters. The van der Waals surface area contributed by atoms with E-state index < -0.39 is 0 Å². The molecule has 0 heterocycles. The lowest BCUT2D eigenvalue weighted by atomic mass is 10.1. The minimum absolute atomic E-state index is 0.505. The maximum Gasteiger partial charge on any atom is 0.0301 e. The molecular formula is C12H28N2S. The van der Waals surface area contributed by atoms with Crippen LogP contribution in [0.5, 0.6) is 0 Å². The third-order valence-electron chi connectivity index (χ3n) is 2.41. The van der Waals surface area contributed by atoms with Crippen LogP contribution in [0.3, 0.4) is 0 Å². The molecule has 15 heavy (non-hydrogen) atoms. The molecule has 1 unspecified atom stereocenters. The lowest BCUT2D eigenvalue weighted by Crippen LogP contribution is -2.37. The number of rotatable bonds is 10. The van der Waals surface area contributed by atoms with Gasteiger partial charge in [0.15, 0.2) is 0 Å². The van der Waals surface area contributed by atoms with E-state index in [1.807, 2.05) is 11.8 Å². The van der Waals surface area contributed by atoms with E-state index in [9.17, 15) is 0 Å². The monoisotopic (exact) mass is 232 g/mol. The minimum atomic E-state index is 0.505. The quantitative estimate of drug-likeness (QED) is 0.345. The van der Waals surface area contributed by atoms with Crippen molar-refractivity contribution in [3.63, 3.8) is 0 Å². The molecule has 3 heteroatoms. The SMILES string of the molecule is CCCCCCC(CSCC(C)C)NN. The number of hydrogen-bond donors (Lipinski definition) is 2. The zero-order valence-corrected chi connectivity index (χ0v) is 11.4. The highest BCUT2D eigenvalue weighted by molar-refractivity contribution is 7.99. The number of hydrazine groups is 1. The van der Waals surface area contributed by atoms with Gasteiger partial charge in [-0.05, 0) is 18.1 Å². The fourth-order valence-electron chi connectivity index (χ4n) is 1.48. The summed E-state index contributed by atoms with van der Waals surface area (Å²) in [5, 5.41) is 0. The van der Waals surface area contributed by atoms with Crippen LogP contribution in [0, 0.1) is 5.92 Å². The number of unbranched alkanes of at least 4 members (excludes halogenated alkanes) is 3. The highest BCUT2D eigenvalue weighted by atomic mass is 32.2. The van der Waals surface area contributed by atoms with E-state index in [0.29, 0.717) is 6.04 Å². The molecule has 0 fully saturated rings. The molecule has 0 aliphatic rings. The van der Waals surface area contributed by atoms with Crippen LogP contribution in [0.25, 0.3) is 0 Å². The van der Waals surface area contributed by atoms with Gasteiger partial charge in [-0.3, -0.25) is 11.3 Å². The molecular weight excluding hydrogens is 204 g/mol. The van der Waals surface area contributed by atoms with E-state index in [0.717, 1.165) is 11.7 Å². The predicted octanol–water partition coefficient (Wildman–Crippen LogP) is 3.18. The first-order chi connectivity index (χ1) is 7.20. The summed E-state index contributed by atoms with van der Waals surface area (Å²) in [6, 6.07) is 0.505. The Morgan fingerprint density at radius 3 is 2.40 bits per heavy atom. The van der Waals surface area contributed by atoms with Crippen molar-refractivity contribution in [1.82, 2.24) is 5.43 Å². The first-order valence-electron chi connectivity index (χ1n) is 6.24. The molecule has 0 aliphatic heterocycles. The number of hydrogen-bond acceptors (Lipinski definition) is 3. The predicted molar refractivity (Wildman–Crippen MR) is 72.0 cm³/mol. The highest BCUT2D eigenvalue weighted by Crippen LogP contribution is 2.12. The van der Waals surface area contributed by atoms with Crippen molar-refractivity contribution in [3.05, 3.63) is 0 Å². The van der Waals surface area contributed by atoms with E-state index in [4.69, 9.17) is 5.84 Å². The van der Waals surface area contributed by atoms with Crippen LogP contribution in [-0.4, -0.2) is 17.5 Å². The summed E-state index contributed by atoms with van der Waals surface area (Å²) < 4.78 is 0. The van der Waals surface area contributed by atoms with Gasteiger partial charge < -0.3 is 0 Å². The Morgan fingerprint density at radius 2 is 1.87 bits per heavy atom. The normalized spacial score (nSPS) is 13.4. The van der Waals surface area contributed by atoms with E-state index in [2.05, 4.69) is 26.2 Å². The first kappa shape index (κ1) is 15.3. The van der Waals surface area contributed by atoms with Crippen LogP contribution in [0.15, 0.2) is 0 Å². The van der Waals surface area contributed by atoms with Gasteiger partial charge in [0.25, 0.3) is 0 Å². The van der Waals surface area contributed by atoms with Gasteiger partial charge in [0.1, 0.15) is 0 Å². The van der Waals surface area contributed by atoms with Gasteiger partial charge in [0.05, 0.1) is 0 Å². The molecule has 0 aromatic rings. The molecule has 0 radical (unpaired) electrons. The van der Waals surface area contributed by atoms with Gasteiger partial charge >= 0.3 is 0 Å². The Kier molecular flexibility index (Phi) is 11.0. The maximum atomic E-state index is 5.54. The van der Waals surface area contributed by atoms with E-state index in [-0.39, 0.29) is 0 Å². The first-order valence-corrected chi connectivity index (χ1v) is 7.40. The fourth-order valence-corrected chi connectivity index (χ4v) is 2.63. The van der Waals surface area contributed by atoms with Crippen LogP contribution in [-0.2, 0) is 0 Å². The second-order valence-electron chi connectivity index (χ2n) is 4.64. The van der Waals surface area contributed by atoms with Crippen molar-refractivity contribution in [1.29, 1.82) is 0 Å². The third-order valence-corrected chi connectivity index (χ3v) is 3.95. The van der Waals surface area contributed by atoms with Gasteiger partial charge in [0, 0.05) is 11.8 Å². The summed E-state index contributed by atoms with van der Waals surface area (Å²) in [4.78, 5) is 0. The summed E-state index contributed by atoms with van der Waals surface area (Å²) in [6.45, 7) is 6.77. The van der Waals surface area contributed by atoms with Crippen molar-refractivity contribution in [2.45, 2.75) is 58.9 Å². The van der Waals surface area contributed by atoms with Crippen LogP contribution < -0.4 is 11.3 Å². The van der Waals surface area contributed by atoms with Crippen LogP contribution in [0.4, 0.5) is 0 Å². The Balaban J connectivity index is 3.38. The van der Waals surface area contributed by atoms with Crippen molar-refractivity contribution in [3.8, 4) is 0 Å². The largest absolute Gasteiger partial charge is 0.271 e. The molecule has 0 amide bonds. The summed E-state index contributed by atoms with van der Waals surface area (Å²) >= 11 is 2.02. The van der Waals surface area contributed by atoms with Crippen molar-refractivity contribution in [2.75, 3.05) is 11.5 Å². The van der Waals surface area contributed by atoms with E-state index in [1.54, 1.807) is 0 Å². The second-order valence-corrected chi connectivity index (χ2v) is 5.72. The van der Waals surface area contributed by atoms with Crippen molar-refractivity contribution < 1.29 is 0 Å². The maximum absolute atomic E-state index is 5.54. The van der Waals surface area contributed by atoms with Crippen molar-refractivity contribution >= 4 is 11.8 Å². The smallest absolute Gasteiger partial charge is 0.0301 e. The molecule has 0 spiro atoms. The van der Waals surface area contributed by atoms with E-state index in [1.165, 1.54) is 37.9 Å². The lowest BCUT2D eigenvalue weighted by molar-refractivity contribution is 0.500. The van der Waals surface area contributed by atoms with Gasteiger partial charge in [-0.1, -0.05) is 46.5 Å². The molecule has 0 rings (SSSR count). The standard InChI is InChI=1S/C12H28N2S/c1-4-5-6-7-8-12(14-13)10-15-9-11(2)3/h11-12,14H,4-10,13H2,1-3H3. The summed E-state index contributed by atoms with van der Waals surface area (Å²) in [6.07, 6.45) is 6.55. The molecule has 0 saturated carbocycles. The molecule has 2 nitrogen and oxygen atoms in total. The van der Waals surface area contributed by atoms with Crippen LogP contribution in [0.1, 0.15) is 52.9 Å². The van der Waals surface area contributed by atoms with Crippen LogP contribution >= 0.6 is 11.8 Å². The fraction of sp³-hybridized carbons (Fsp3) is 1.00. The van der Waals surface area contributed by atoms with Gasteiger partial charge in [-0.25, -0.2) is 0 Å². The Hall–Kier alpha value is 0.270. The topological polar surface area (TPSA) is 38.0 Å². The number of nitrogens with one attached hydrogen (secondary N) is 1. The summed E-state index contributed by atoms with van der Waals surface area (Å²) in [5.74, 6) is 8.72. The lowest BCUT2D eigenvalue weighted by Gasteiger charge is -2.15. The summed E-state index contributed by atoms with van der Waals surface area (Å²) in [5.41, 5.74) is 2.93. The Labute approximate surface area is 99.7 Å². The molecule has 92 valence electrons.